The van der Waals surface area contributed by atoms with Crippen LogP contribution in [0.25, 0.3) is 5.78 Å². The van der Waals surface area contributed by atoms with E-state index in [1.807, 2.05) is 32.0 Å². The lowest BCUT2D eigenvalue weighted by Gasteiger charge is -2.13. The molecule has 3 rings (SSSR count). The fraction of sp³-hybridized carbons (Fsp3) is 0.235. The van der Waals surface area contributed by atoms with Crippen LogP contribution in [0.5, 0.6) is 0 Å². The van der Waals surface area contributed by atoms with Crippen molar-refractivity contribution >= 4 is 45.9 Å². The van der Waals surface area contributed by atoms with Crippen LogP contribution in [0.2, 0.25) is 0 Å². The highest BCUT2D eigenvalue weighted by atomic mass is 127. The summed E-state index contributed by atoms with van der Waals surface area (Å²) in [6.07, 6.45) is 2.78. The quantitative estimate of drug-likeness (QED) is 0.460. The number of carbonyl (C=O) groups excluding carboxylic acids is 2. The molecule has 8 nitrogen and oxygen atoms in total. The number of benzene rings is 1. The third-order valence-electron chi connectivity index (χ3n) is 3.59. The molecule has 0 aliphatic carbocycles. The molecular weight excluding hydrogens is 449 g/mol. The van der Waals surface area contributed by atoms with Gasteiger partial charge in [0.05, 0.1) is 16.9 Å². The zero-order chi connectivity index (χ0) is 18.7. The molecule has 3 aromatic rings. The average molecular weight is 465 g/mol. The van der Waals surface area contributed by atoms with Gasteiger partial charge in [-0.05, 0) is 40.6 Å². The van der Waals surface area contributed by atoms with Crippen LogP contribution in [0, 0.1) is 3.57 Å². The molecule has 1 N–H and O–H groups in total. The van der Waals surface area contributed by atoms with E-state index in [2.05, 4.69) is 43.0 Å². The summed E-state index contributed by atoms with van der Waals surface area (Å²) in [6.45, 7) is 3.46. The monoisotopic (exact) mass is 465 g/mol. The van der Waals surface area contributed by atoms with E-state index in [4.69, 9.17) is 4.74 Å². The number of anilines is 1. The summed E-state index contributed by atoms with van der Waals surface area (Å²) in [4.78, 5) is 32.6. The summed E-state index contributed by atoms with van der Waals surface area (Å²) in [6, 6.07) is 7.34. The molecule has 0 aliphatic heterocycles. The highest BCUT2D eigenvalue weighted by molar-refractivity contribution is 14.1. The van der Waals surface area contributed by atoms with Crippen molar-refractivity contribution in [3.05, 3.63) is 51.6 Å². The Kier molecular flexibility index (Phi) is 5.45. The predicted octanol–water partition coefficient (Wildman–Crippen LogP) is 2.65. The number of halogens is 1. The Morgan fingerprint density at radius 2 is 2.04 bits per heavy atom. The van der Waals surface area contributed by atoms with Gasteiger partial charge in [-0.1, -0.05) is 26.0 Å². The largest absolute Gasteiger partial charge is 0.452 e. The first kappa shape index (κ1) is 18.2. The number of para-hydroxylation sites is 1. The number of ether oxygens (including phenoxy) is 1. The molecule has 2 heterocycles. The fourth-order valence-electron chi connectivity index (χ4n) is 2.47. The second-order valence-electron chi connectivity index (χ2n) is 5.79. The topological polar surface area (TPSA) is 98.5 Å². The van der Waals surface area contributed by atoms with E-state index < -0.39 is 18.5 Å². The van der Waals surface area contributed by atoms with Crippen molar-refractivity contribution in [2.24, 2.45) is 0 Å². The van der Waals surface area contributed by atoms with Crippen molar-refractivity contribution in [1.29, 1.82) is 0 Å². The molecule has 9 heteroatoms. The summed E-state index contributed by atoms with van der Waals surface area (Å²) in [5.74, 6) is -0.647. The molecule has 0 saturated heterocycles. The van der Waals surface area contributed by atoms with Gasteiger partial charge in [0.1, 0.15) is 6.33 Å². The van der Waals surface area contributed by atoms with Gasteiger partial charge in [-0.2, -0.15) is 10.1 Å². The molecule has 2 aromatic heterocycles. The van der Waals surface area contributed by atoms with Crippen molar-refractivity contribution in [3.63, 3.8) is 0 Å². The van der Waals surface area contributed by atoms with Crippen molar-refractivity contribution in [2.75, 3.05) is 11.9 Å². The Morgan fingerprint density at radius 1 is 1.27 bits per heavy atom. The minimum Gasteiger partial charge on any atom is -0.452 e. The first-order valence-electron chi connectivity index (χ1n) is 7.87. The van der Waals surface area contributed by atoms with Crippen LogP contribution in [0.15, 0.2) is 36.8 Å². The zero-order valence-electron chi connectivity index (χ0n) is 14.1. The molecule has 0 saturated carbocycles. The van der Waals surface area contributed by atoms with Gasteiger partial charge in [-0.3, -0.25) is 4.79 Å². The predicted molar refractivity (Wildman–Crippen MR) is 103 cm³/mol. The molecule has 0 fully saturated rings. The van der Waals surface area contributed by atoms with Gasteiger partial charge in [0, 0.05) is 9.77 Å². The van der Waals surface area contributed by atoms with Gasteiger partial charge in [-0.25, -0.2) is 14.3 Å². The highest BCUT2D eigenvalue weighted by Gasteiger charge is 2.21. The Labute approximate surface area is 163 Å². The van der Waals surface area contributed by atoms with E-state index >= 15 is 0 Å². The highest BCUT2D eigenvalue weighted by Crippen LogP contribution is 2.20. The van der Waals surface area contributed by atoms with Crippen LogP contribution in [0.3, 0.4) is 0 Å². The van der Waals surface area contributed by atoms with Crippen LogP contribution >= 0.6 is 22.6 Å². The number of amides is 1. The maximum atomic E-state index is 12.5. The molecule has 0 atom stereocenters. The molecule has 0 unspecified atom stereocenters. The van der Waals surface area contributed by atoms with Crippen LogP contribution in [0.1, 0.15) is 35.8 Å². The lowest BCUT2D eigenvalue weighted by atomic mass is 10.1. The Hall–Kier alpha value is -2.56. The van der Waals surface area contributed by atoms with Crippen LogP contribution in [0.4, 0.5) is 5.69 Å². The van der Waals surface area contributed by atoms with Crippen molar-refractivity contribution in [3.8, 4) is 0 Å². The molecule has 26 heavy (non-hydrogen) atoms. The lowest BCUT2D eigenvalue weighted by Crippen LogP contribution is -2.22. The van der Waals surface area contributed by atoms with Gasteiger partial charge in [-0.15, -0.1) is 0 Å². The van der Waals surface area contributed by atoms with Crippen LogP contribution in [-0.4, -0.2) is 38.1 Å². The number of aromatic nitrogens is 4. The van der Waals surface area contributed by atoms with Crippen molar-refractivity contribution in [1.82, 2.24) is 19.6 Å². The third kappa shape index (κ3) is 3.82. The number of carbonyl (C=O) groups is 2. The first-order chi connectivity index (χ1) is 12.5. The summed E-state index contributed by atoms with van der Waals surface area (Å²) < 4.78 is 7.57. The normalized spacial score (nSPS) is 10.9. The Balaban J connectivity index is 1.72. The van der Waals surface area contributed by atoms with Crippen LogP contribution in [-0.2, 0) is 9.53 Å². The van der Waals surface area contributed by atoms with E-state index in [9.17, 15) is 9.59 Å². The van der Waals surface area contributed by atoms with Crippen molar-refractivity contribution < 1.29 is 14.3 Å². The van der Waals surface area contributed by atoms with Crippen LogP contribution < -0.4 is 5.32 Å². The second-order valence-corrected chi connectivity index (χ2v) is 6.95. The lowest BCUT2D eigenvalue weighted by molar-refractivity contribution is -0.119. The van der Waals surface area contributed by atoms with Gasteiger partial charge in [0.15, 0.2) is 6.61 Å². The van der Waals surface area contributed by atoms with Gasteiger partial charge in [0.2, 0.25) is 0 Å². The number of hydrogen-bond donors (Lipinski definition) is 1. The summed E-state index contributed by atoms with van der Waals surface area (Å²) >= 11 is 2.12. The van der Waals surface area contributed by atoms with E-state index in [0.29, 0.717) is 17.2 Å². The maximum absolute atomic E-state index is 12.5. The molecule has 0 aliphatic rings. The van der Waals surface area contributed by atoms with Gasteiger partial charge < -0.3 is 10.1 Å². The molecular formula is C17H16IN5O3. The van der Waals surface area contributed by atoms with Gasteiger partial charge in [0.25, 0.3) is 11.7 Å². The number of nitrogens with one attached hydrogen (secondary N) is 1. The maximum Gasteiger partial charge on any atom is 0.342 e. The number of hydrogen-bond acceptors (Lipinski definition) is 6. The average Bonchev–Trinajstić information content (AvgIpc) is 3.09. The number of rotatable bonds is 5. The number of esters is 1. The third-order valence-corrected chi connectivity index (χ3v) is 4.53. The summed E-state index contributed by atoms with van der Waals surface area (Å²) in [7, 11) is 0. The summed E-state index contributed by atoms with van der Waals surface area (Å²) in [5.41, 5.74) is 1.57. The molecule has 1 aromatic carbocycles. The van der Waals surface area contributed by atoms with Gasteiger partial charge >= 0.3 is 5.97 Å². The molecule has 134 valence electrons. The molecule has 0 spiro atoms. The van der Waals surface area contributed by atoms with E-state index in [1.54, 1.807) is 6.07 Å². The molecule has 0 bridgehead atoms. The number of nitrogens with zero attached hydrogens (tertiary/aromatic N) is 4. The minimum atomic E-state index is -0.628. The summed E-state index contributed by atoms with van der Waals surface area (Å²) in [5, 5.41) is 6.81. The Morgan fingerprint density at radius 3 is 2.77 bits per heavy atom. The smallest absolute Gasteiger partial charge is 0.342 e. The number of fused-ring (bicyclic) bond motifs is 1. The van der Waals surface area contributed by atoms with E-state index in [-0.39, 0.29) is 11.5 Å². The SMILES string of the molecule is CC(C)c1c(C(=O)OCC(=O)Nc2ccccc2I)cnc2ncnn12. The van der Waals surface area contributed by atoms with Crippen molar-refractivity contribution in [2.45, 2.75) is 19.8 Å². The zero-order valence-corrected chi connectivity index (χ0v) is 16.3. The Bertz CT molecular complexity index is 970. The molecule has 1 amide bonds. The van der Waals surface area contributed by atoms with E-state index in [1.165, 1.54) is 17.0 Å². The minimum absolute atomic E-state index is 0.00975. The standard InChI is InChI=1S/C17H16IN5O3/c1-10(2)15-11(7-19-17-20-9-21-23(15)17)16(25)26-8-14(24)22-13-6-4-3-5-12(13)18/h3-7,9-10H,8H2,1-2H3,(H,22,24). The first-order valence-corrected chi connectivity index (χ1v) is 8.95. The second kappa shape index (κ2) is 7.77. The van der Waals surface area contributed by atoms with E-state index in [0.717, 1.165) is 3.57 Å². The molecule has 0 radical (unpaired) electrons. The fourth-order valence-corrected chi connectivity index (χ4v) is 2.99.